The highest BCUT2D eigenvalue weighted by Gasteiger charge is 2.35. The van der Waals surface area contributed by atoms with Crippen molar-refractivity contribution in [3.8, 4) is 0 Å². The maximum Gasteiger partial charge on any atom is 0.433 e. The number of halogens is 5. The first-order valence-corrected chi connectivity index (χ1v) is 7.52. The van der Waals surface area contributed by atoms with Gasteiger partial charge in [0.05, 0.1) is 5.02 Å². The molecule has 25 heavy (non-hydrogen) atoms. The van der Waals surface area contributed by atoms with E-state index in [1.807, 2.05) is 0 Å². The number of azo groups is 1. The van der Waals surface area contributed by atoms with E-state index < -0.39 is 11.9 Å². The average Bonchev–Trinajstić information content (AvgIpc) is 2.82. The number of aryl methyl sites for hydroxylation is 1. The van der Waals surface area contributed by atoms with Gasteiger partial charge in [-0.1, -0.05) is 23.2 Å². The monoisotopic (exact) mass is 388 g/mol. The molecule has 0 amide bonds. The van der Waals surface area contributed by atoms with Gasteiger partial charge in [-0.3, -0.25) is 0 Å². The van der Waals surface area contributed by atoms with E-state index in [4.69, 9.17) is 28.9 Å². The number of fused-ring (bicyclic) bond motifs is 1. The van der Waals surface area contributed by atoms with Crippen LogP contribution in [0.25, 0.3) is 5.65 Å². The fourth-order valence-corrected chi connectivity index (χ4v) is 2.43. The summed E-state index contributed by atoms with van der Waals surface area (Å²) in [6.45, 7) is 1.42. The van der Waals surface area contributed by atoms with Gasteiger partial charge >= 0.3 is 6.18 Å². The summed E-state index contributed by atoms with van der Waals surface area (Å²) in [6, 6.07) is 5.40. The van der Waals surface area contributed by atoms with Gasteiger partial charge in [-0.15, -0.1) is 15.3 Å². The van der Waals surface area contributed by atoms with Gasteiger partial charge in [-0.2, -0.15) is 13.2 Å². The minimum absolute atomic E-state index is 0.0924. The predicted octanol–water partition coefficient (Wildman–Crippen LogP) is 5.36. The van der Waals surface area contributed by atoms with Crippen molar-refractivity contribution in [3.63, 3.8) is 0 Å². The predicted molar refractivity (Wildman–Crippen MR) is 87.8 cm³/mol. The van der Waals surface area contributed by atoms with Crippen LogP contribution in [-0.2, 0) is 6.18 Å². The number of alkyl halides is 3. The summed E-state index contributed by atoms with van der Waals surface area (Å²) < 4.78 is 40.1. The van der Waals surface area contributed by atoms with Crippen LogP contribution < -0.4 is 5.73 Å². The highest BCUT2D eigenvalue weighted by atomic mass is 35.5. The summed E-state index contributed by atoms with van der Waals surface area (Å²) in [5.41, 5.74) is 4.80. The maximum atomic E-state index is 13.2. The third kappa shape index (κ3) is 3.38. The number of nitrogen functional groups attached to an aromatic ring is 1. The van der Waals surface area contributed by atoms with Crippen LogP contribution in [0, 0.1) is 6.92 Å². The van der Waals surface area contributed by atoms with Crippen molar-refractivity contribution in [3.05, 3.63) is 45.7 Å². The normalized spacial score (nSPS) is 12.4. The molecule has 130 valence electrons. The second kappa shape index (κ2) is 6.16. The van der Waals surface area contributed by atoms with Gasteiger partial charge in [-0.25, -0.2) is 9.50 Å². The first-order chi connectivity index (χ1) is 11.7. The number of nitrogens with two attached hydrogens (primary N) is 1. The molecule has 2 aromatic heterocycles. The summed E-state index contributed by atoms with van der Waals surface area (Å²) in [6.07, 6.45) is -4.63. The third-order valence-electron chi connectivity index (χ3n) is 3.18. The molecule has 1 aromatic carbocycles. The van der Waals surface area contributed by atoms with E-state index in [0.29, 0.717) is 9.54 Å². The van der Waals surface area contributed by atoms with E-state index in [1.165, 1.54) is 19.1 Å². The molecule has 0 saturated carbocycles. The van der Waals surface area contributed by atoms with Crippen LogP contribution in [0.3, 0.4) is 0 Å². The maximum absolute atomic E-state index is 13.2. The van der Waals surface area contributed by atoms with Crippen LogP contribution in [0.15, 0.2) is 34.5 Å². The number of aromatic nitrogens is 3. The number of hydrogen-bond acceptors (Lipinski definition) is 5. The van der Waals surface area contributed by atoms with E-state index >= 15 is 0 Å². The molecule has 11 heteroatoms. The van der Waals surface area contributed by atoms with Crippen LogP contribution in [0.4, 0.5) is 30.4 Å². The van der Waals surface area contributed by atoms with E-state index in [2.05, 4.69) is 20.3 Å². The molecular weight excluding hydrogens is 380 g/mol. The second-order valence-electron chi connectivity index (χ2n) is 5.05. The van der Waals surface area contributed by atoms with Crippen molar-refractivity contribution in [2.75, 3.05) is 5.73 Å². The lowest BCUT2D eigenvalue weighted by molar-refractivity contribution is -0.142. The van der Waals surface area contributed by atoms with E-state index in [9.17, 15) is 13.2 Å². The number of benzene rings is 1. The van der Waals surface area contributed by atoms with Crippen molar-refractivity contribution < 1.29 is 13.2 Å². The Bertz CT molecular complexity index is 996. The summed E-state index contributed by atoms with van der Waals surface area (Å²) >= 11 is 11.8. The van der Waals surface area contributed by atoms with Crippen molar-refractivity contribution in [2.45, 2.75) is 13.1 Å². The number of nitrogens with zero attached hydrogens (tertiary/aromatic N) is 5. The molecule has 0 radical (unpaired) electrons. The fourth-order valence-electron chi connectivity index (χ4n) is 2.11. The van der Waals surface area contributed by atoms with Crippen molar-refractivity contribution >= 4 is 46.0 Å². The second-order valence-corrected chi connectivity index (χ2v) is 5.89. The smallest absolute Gasteiger partial charge is 0.380 e. The molecule has 0 saturated heterocycles. The Balaban J connectivity index is 2.17. The lowest BCUT2D eigenvalue weighted by Gasteiger charge is -2.09. The van der Waals surface area contributed by atoms with Crippen molar-refractivity contribution in [2.24, 2.45) is 10.2 Å². The molecule has 0 spiro atoms. The summed E-state index contributed by atoms with van der Waals surface area (Å²) in [5.74, 6) is -0.245. The molecule has 2 heterocycles. The average molecular weight is 389 g/mol. The van der Waals surface area contributed by atoms with Gasteiger partial charge in [0, 0.05) is 10.7 Å². The summed E-state index contributed by atoms with van der Waals surface area (Å²) in [5, 5.41) is 12.1. The van der Waals surface area contributed by atoms with Crippen LogP contribution >= 0.6 is 23.2 Å². The highest BCUT2D eigenvalue weighted by molar-refractivity contribution is 6.35. The molecule has 0 aliphatic carbocycles. The third-order valence-corrected chi connectivity index (χ3v) is 3.73. The van der Waals surface area contributed by atoms with Crippen LogP contribution in [0.2, 0.25) is 10.0 Å². The first-order valence-electron chi connectivity index (χ1n) is 6.76. The Morgan fingerprint density at radius 1 is 1.16 bits per heavy atom. The standard InChI is InChI=1S/C14H9Cl2F3N6/c1-6-4-10(14(17,18)19)25-13(21-6)11(12(20)24-25)23-22-9-5-7(15)2-3-8(9)16/h2-5H,1H3,(H2,20,24). The molecule has 0 aliphatic rings. The molecule has 0 unspecified atom stereocenters. The van der Waals surface area contributed by atoms with Gasteiger partial charge in [0.2, 0.25) is 0 Å². The van der Waals surface area contributed by atoms with Gasteiger partial charge in [0.25, 0.3) is 0 Å². The minimum Gasteiger partial charge on any atom is -0.380 e. The molecular formula is C14H9Cl2F3N6. The van der Waals surface area contributed by atoms with Crippen LogP contribution in [0.1, 0.15) is 11.4 Å². The lowest BCUT2D eigenvalue weighted by atomic mass is 10.3. The zero-order chi connectivity index (χ0) is 18.4. The Labute approximate surface area is 149 Å². The number of rotatable bonds is 2. The van der Waals surface area contributed by atoms with E-state index in [0.717, 1.165) is 6.07 Å². The molecule has 3 rings (SSSR count). The summed E-state index contributed by atoms with van der Waals surface area (Å²) in [4.78, 5) is 4.03. The van der Waals surface area contributed by atoms with Gasteiger partial charge in [0.1, 0.15) is 11.4 Å². The van der Waals surface area contributed by atoms with Crippen molar-refractivity contribution in [1.82, 2.24) is 14.6 Å². The van der Waals surface area contributed by atoms with E-state index in [-0.39, 0.29) is 33.6 Å². The zero-order valence-corrected chi connectivity index (χ0v) is 14.0. The Morgan fingerprint density at radius 2 is 1.88 bits per heavy atom. The van der Waals surface area contributed by atoms with E-state index in [1.54, 1.807) is 6.07 Å². The van der Waals surface area contributed by atoms with Gasteiger partial charge in [-0.05, 0) is 31.2 Å². The first kappa shape index (κ1) is 17.4. The quantitative estimate of drug-likeness (QED) is 0.599. The number of hydrogen-bond donors (Lipinski definition) is 1. The van der Waals surface area contributed by atoms with Crippen LogP contribution in [-0.4, -0.2) is 14.6 Å². The topological polar surface area (TPSA) is 80.9 Å². The Morgan fingerprint density at radius 3 is 2.56 bits per heavy atom. The SMILES string of the molecule is Cc1cc(C(F)(F)F)n2nc(N)c(N=Nc3cc(Cl)ccc3Cl)c2n1. The summed E-state index contributed by atoms with van der Waals surface area (Å²) in [7, 11) is 0. The Kier molecular flexibility index (Phi) is 4.29. The van der Waals surface area contributed by atoms with Gasteiger partial charge in [0.15, 0.2) is 17.2 Å². The highest BCUT2D eigenvalue weighted by Crippen LogP contribution is 2.36. The fraction of sp³-hybridized carbons (Fsp3) is 0.143. The van der Waals surface area contributed by atoms with Crippen LogP contribution in [0.5, 0.6) is 0 Å². The minimum atomic E-state index is -4.63. The molecule has 0 aliphatic heterocycles. The Hall–Kier alpha value is -2.39. The van der Waals surface area contributed by atoms with Crippen molar-refractivity contribution in [1.29, 1.82) is 0 Å². The molecule has 0 fully saturated rings. The zero-order valence-electron chi connectivity index (χ0n) is 12.5. The molecule has 2 N–H and O–H groups in total. The molecule has 0 bridgehead atoms. The lowest BCUT2D eigenvalue weighted by Crippen LogP contribution is -2.13. The van der Waals surface area contributed by atoms with Gasteiger partial charge < -0.3 is 5.73 Å². The largest absolute Gasteiger partial charge is 0.433 e. The molecule has 0 atom stereocenters. The number of anilines is 1. The molecule has 3 aromatic rings. The molecule has 6 nitrogen and oxygen atoms in total.